The lowest BCUT2D eigenvalue weighted by atomic mass is 10.2. The number of rotatable bonds is 5. The van der Waals surface area contributed by atoms with Gasteiger partial charge < -0.3 is 20.1 Å². The third kappa shape index (κ3) is 3.64. The van der Waals surface area contributed by atoms with Crippen molar-refractivity contribution < 1.29 is 9.84 Å². The number of nitrogens with zero attached hydrogens (tertiary/aromatic N) is 4. The van der Waals surface area contributed by atoms with Crippen molar-refractivity contribution >= 4 is 35.3 Å². The molecule has 2 aromatic heterocycles. The molecule has 2 aromatic carbocycles. The van der Waals surface area contributed by atoms with Crippen molar-refractivity contribution in [1.29, 1.82) is 5.26 Å². The van der Waals surface area contributed by atoms with Gasteiger partial charge in [-0.3, -0.25) is 0 Å². The number of ether oxygens (including phenoxy) is 1. The molecule has 0 aliphatic carbocycles. The van der Waals surface area contributed by atoms with E-state index in [0.29, 0.717) is 16.6 Å². The Morgan fingerprint density at radius 1 is 1.03 bits per heavy atom. The van der Waals surface area contributed by atoms with Gasteiger partial charge in [0.15, 0.2) is 14.3 Å². The van der Waals surface area contributed by atoms with Crippen LogP contribution in [0.4, 0.5) is 5.82 Å². The predicted molar refractivity (Wildman–Crippen MR) is 143 cm³/mol. The summed E-state index contributed by atoms with van der Waals surface area (Å²) in [7, 11) is -2.84. The van der Waals surface area contributed by atoms with Crippen molar-refractivity contribution in [2.45, 2.75) is 43.9 Å². The Bertz CT molecular complexity index is 1420. The smallest absolute Gasteiger partial charge is 0.157 e. The Morgan fingerprint density at radius 3 is 2.19 bits per heavy atom. The first-order chi connectivity index (χ1) is 17.3. The molecule has 1 aliphatic heterocycles. The van der Waals surface area contributed by atoms with E-state index in [2.05, 4.69) is 61.1 Å². The lowest BCUT2D eigenvalue weighted by Crippen LogP contribution is -2.74. The summed E-state index contributed by atoms with van der Waals surface area (Å²) in [6.45, 7) is 6.62. The Balaban J connectivity index is 1.59. The highest BCUT2D eigenvalue weighted by Gasteiger charge is 2.56. The Morgan fingerprint density at radius 2 is 1.64 bits per heavy atom. The van der Waals surface area contributed by atoms with Gasteiger partial charge in [0.05, 0.1) is 16.7 Å². The van der Waals surface area contributed by atoms with E-state index in [1.807, 2.05) is 48.6 Å². The van der Waals surface area contributed by atoms with Crippen molar-refractivity contribution in [2.75, 3.05) is 5.73 Å². The molecule has 0 spiro atoms. The SMILES string of the molecule is CC(C)(C)[Si](c1ccccc1)(c1ccccc1)C(O)[C@@H]1C=C[C@H](n2cc(C#N)c3c(N)ncnc32)O1. The molecular formula is C28H29N5O2Si. The van der Waals surface area contributed by atoms with E-state index >= 15 is 0 Å². The molecule has 3 atom stereocenters. The highest BCUT2D eigenvalue weighted by atomic mass is 28.3. The average Bonchev–Trinajstić information content (AvgIpc) is 3.50. The highest BCUT2D eigenvalue weighted by molar-refractivity contribution is 7.05. The normalized spacial score (nSPS) is 18.9. The minimum absolute atomic E-state index is 0.236. The van der Waals surface area contributed by atoms with E-state index in [1.54, 1.807) is 10.8 Å². The number of hydrogen-bond acceptors (Lipinski definition) is 6. The summed E-state index contributed by atoms with van der Waals surface area (Å²) in [6, 6.07) is 22.8. The van der Waals surface area contributed by atoms with Crippen LogP contribution in [-0.4, -0.2) is 39.5 Å². The van der Waals surface area contributed by atoms with Gasteiger partial charge in [-0.05, 0) is 11.1 Å². The molecule has 182 valence electrons. The van der Waals surface area contributed by atoms with Crippen LogP contribution in [0, 0.1) is 11.3 Å². The Kier molecular flexibility index (Phi) is 6.00. The zero-order valence-electron chi connectivity index (χ0n) is 20.5. The second-order valence-corrected chi connectivity index (χ2v) is 15.0. The minimum Gasteiger partial charge on any atom is -0.393 e. The monoisotopic (exact) mass is 495 g/mol. The van der Waals surface area contributed by atoms with E-state index in [1.165, 1.54) is 6.33 Å². The quantitative estimate of drug-likeness (QED) is 0.325. The largest absolute Gasteiger partial charge is 0.393 e. The summed E-state index contributed by atoms with van der Waals surface area (Å²) in [5.41, 5.74) is 6.18. The first-order valence-electron chi connectivity index (χ1n) is 11.9. The average molecular weight is 496 g/mol. The molecule has 36 heavy (non-hydrogen) atoms. The van der Waals surface area contributed by atoms with Gasteiger partial charge in [0.2, 0.25) is 0 Å². The molecule has 5 rings (SSSR count). The molecule has 0 amide bonds. The molecule has 8 heteroatoms. The molecule has 0 saturated carbocycles. The van der Waals surface area contributed by atoms with E-state index in [9.17, 15) is 10.4 Å². The van der Waals surface area contributed by atoms with Crippen molar-refractivity contribution in [2.24, 2.45) is 0 Å². The van der Waals surface area contributed by atoms with Gasteiger partial charge in [-0.15, -0.1) is 0 Å². The fourth-order valence-electron chi connectivity index (χ4n) is 5.65. The Hall–Kier alpha value is -3.77. The lowest BCUT2D eigenvalue weighted by Gasteiger charge is -2.48. The number of nitriles is 1. The lowest BCUT2D eigenvalue weighted by molar-refractivity contribution is -0.0227. The summed E-state index contributed by atoms with van der Waals surface area (Å²) in [6.07, 6.45) is 5.80. The van der Waals surface area contributed by atoms with Crippen molar-refractivity contribution in [3.63, 3.8) is 0 Å². The molecule has 3 heterocycles. The van der Waals surface area contributed by atoms with E-state index in [0.717, 1.165) is 10.4 Å². The van der Waals surface area contributed by atoms with Crippen LogP contribution in [0.5, 0.6) is 0 Å². The number of fused-ring (bicyclic) bond motifs is 1. The highest BCUT2D eigenvalue weighted by Crippen LogP contribution is 2.41. The zero-order chi connectivity index (χ0) is 25.5. The van der Waals surface area contributed by atoms with Crippen LogP contribution >= 0.6 is 0 Å². The molecule has 1 aliphatic rings. The van der Waals surface area contributed by atoms with Crippen molar-refractivity contribution in [1.82, 2.24) is 14.5 Å². The molecule has 0 saturated heterocycles. The summed E-state index contributed by atoms with van der Waals surface area (Å²) in [5.74, 6) is 0.251. The maximum atomic E-state index is 12.3. The fourth-order valence-corrected chi connectivity index (χ4v) is 11.4. The molecule has 0 fully saturated rings. The van der Waals surface area contributed by atoms with Gasteiger partial charge in [0, 0.05) is 6.20 Å². The van der Waals surface area contributed by atoms with Crippen LogP contribution in [-0.2, 0) is 4.74 Å². The van der Waals surface area contributed by atoms with Crippen molar-refractivity contribution in [3.8, 4) is 6.07 Å². The fraction of sp³-hybridized carbons (Fsp3) is 0.250. The van der Waals surface area contributed by atoms with Gasteiger partial charge >= 0.3 is 0 Å². The van der Waals surface area contributed by atoms with E-state index in [4.69, 9.17) is 10.5 Å². The molecule has 7 nitrogen and oxygen atoms in total. The maximum Gasteiger partial charge on any atom is 0.157 e. The summed E-state index contributed by atoms with van der Waals surface area (Å²) in [4.78, 5) is 8.40. The third-order valence-corrected chi connectivity index (χ3v) is 13.3. The topological polar surface area (TPSA) is 110 Å². The first kappa shape index (κ1) is 23.9. The first-order valence-corrected chi connectivity index (χ1v) is 14.0. The molecule has 4 aromatic rings. The number of anilines is 1. The van der Waals surface area contributed by atoms with E-state index < -0.39 is 26.1 Å². The second kappa shape index (κ2) is 9.02. The standard InChI is InChI=1S/C28H29N5O2Si/c1-28(2,3)36(20-10-6-4-7-11-20,21-12-8-5-9-13-21)27(34)22-14-15-23(35-22)33-17-19(16-29)24-25(30)31-18-32-26(24)33/h4-15,17-18,22-23,27,34H,1-3H3,(H2,30,31,32)/t22-,23+,27?/m0/s1. The predicted octanol–water partition coefficient (Wildman–Crippen LogP) is 3.30. The van der Waals surface area contributed by atoms with Crippen LogP contribution < -0.4 is 16.1 Å². The molecular weight excluding hydrogens is 466 g/mol. The van der Waals surface area contributed by atoms with E-state index in [-0.39, 0.29) is 10.9 Å². The molecule has 1 unspecified atom stereocenters. The van der Waals surface area contributed by atoms with Crippen LogP contribution in [0.25, 0.3) is 11.0 Å². The summed E-state index contributed by atoms with van der Waals surface area (Å²) < 4.78 is 8.26. The van der Waals surface area contributed by atoms with Crippen LogP contribution in [0.1, 0.15) is 32.6 Å². The number of aliphatic hydroxyl groups is 1. The third-order valence-electron chi connectivity index (χ3n) is 7.19. The van der Waals surface area contributed by atoms with Crippen LogP contribution in [0.2, 0.25) is 5.04 Å². The van der Waals surface area contributed by atoms with Gasteiger partial charge in [0.1, 0.15) is 30.0 Å². The molecule has 3 N–H and O–H groups in total. The minimum atomic E-state index is -2.84. The maximum absolute atomic E-state index is 12.3. The number of hydrogen-bond donors (Lipinski definition) is 2. The number of nitrogen functional groups attached to an aromatic ring is 1. The number of aromatic nitrogens is 3. The van der Waals surface area contributed by atoms with Crippen molar-refractivity contribution in [3.05, 3.63) is 90.9 Å². The van der Waals surface area contributed by atoms with Crippen LogP contribution in [0.3, 0.4) is 0 Å². The summed E-state index contributed by atoms with van der Waals surface area (Å²) >= 11 is 0. The molecule has 0 radical (unpaired) electrons. The van der Waals surface area contributed by atoms with Gasteiger partial charge in [-0.1, -0.05) is 97.9 Å². The number of benzene rings is 2. The summed E-state index contributed by atoms with van der Waals surface area (Å²) in [5, 5.41) is 24.5. The Labute approximate surface area is 211 Å². The second-order valence-electron chi connectivity index (χ2n) is 10.1. The number of aliphatic hydroxyl groups excluding tert-OH is 1. The van der Waals surface area contributed by atoms with Gasteiger partial charge in [-0.2, -0.15) is 5.26 Å². The zero-order valence-corrected chi connectivity index (χ0v) is 21.5. The molecule has 0 bridgehead atoms. The van der Waals surface area contributed by atoms with Gasteiger partial charge in [-0.25, -0.2) is 9.97 Å². The van der Waals surface area contributed by atoms with Gasteiger partial charge in [0.25, 0.3) is 0 Å². The van der Waals surface area contributed by atoms with Crippen LogP contribution in [0.15, 0.2) is 85.3 Å². The number of nitrogens with two attached hydrogens (primary N) is 1.